The van der Waals surface area contributed by atoms with E-state index in [1.807, 2.05) is 10.9 Å². The summed E-state index contributed by atoms with van der Waals surface area (Å²) in [5, 5.41) is 4.20. The van der Waals surface area contributed by atoms with E-state index in [1.165, 1.54) is 11.1 Å². The lowest BCUT2D eigenvalue weighted by Crippen LogP contribution is -1.99. The quantitative estimate of drug-likeness (QED) is 0.802. The fourth-order valence-electron chi connectivity index (χ4n) is 1.31. The van der Waals surface area contributed by atoms with Gasteiger partial charge in [-0.3, -0.25) is 4.68 Å². The Balaban J connectivity index is 2.15. The molecule has 0 aliphatic carbocycles. The number of rotatable bonds is 2. The summed E-state index contributed by atoms with van der Waals surface area (Å²) in [7, 11) is 0. The van der Waals surface area contributed by atoms with E-state index in [1.54, 1.807) is 6.20 Å². The van der Waals surface area contributed by atoms with Gasteiger partial charge in [0.15, 0.2) is 0 Å². The van der Waals surface area contributed by atoms with Gasteiger partial charge >= 0.3 is 0 Å². The lowest BCUT2D eigenvalue weighted by atomic mass is 10.1. The zero-order valence-electron chi connectivity index (χ0n) is 7.94. The summed E-state index contributed by atoms with van der Waals surface area (Å²) in [5.74, 6) is 0. The molecule has 0 fully saturated rings. The Morgan fingerprint density at radius 1 is 1.29 bits per heavy atom. The van der Waals surface area contributed by atoms with Gasteiger partial charge in [0, 0.05) is 6.20 Å². The maximum absolute atomic E-state index is 4.20. The molecule has 0 radical (unpaired) electrons. The van der Waals surface area contributed by atoms with Crippen LogP contribution in [0.5, 0.6) is 0 Å². The molecule has 0 N–H and O–H groups in total. The lowest BCUT2D eigenvalue weighted by molar-refractivity contribution is 0.686. The molecule has 3 heteroatoms. The van der Waals surface area contributed by atoms with Gasteiger partial charge in [0.05, 0.1) is 17.2 Å². The highest BCUT2D eigenvalue weighted by Gasteiger charge is 1.96. The van der Waals surface area contributed by atoms with Crippen molar-refractivity contribution >= 4 is 15.9 Å². The third-order valence-corrected chi connectivity index (χ3v) is 2.48. The molecule has 14 heavy (non-hydrogen) atoms. The Kier molecular flexibility index (Phi) is 2.68. The van der Waals surface area contributed by atoms with Gasteiger partial charge in [-0.2, -0.15) is 5.10 Å². The van der Waals surface area contributed by atoms with E-state index in [0.29, 0.717) is 0 Å². The first-order valence-electron chi connectivity index (χ1n) is 4.47. The molecule has 2 rings (SSSR count). The first-order chi connectivity index (χ1) is 6.74. The smallest absolute Gasteiger partial charge is 0.0659 e. The minimum absolute atomic E-state index is 0.825. The van der Waals surface area contributed by atoms with E-state index in [-0.39, 0.29) is 0 Å². The summed E-state index contributed by atoms with van der Waals surface area (Å²) in [6, 6.07) is 8.50. The molecule has 0 aliphatic rings. The number of aryl methyl sites for hydroxylation is 1. The van der Waals surface area contributed by atoms with Crippen LogP contribution < -0.4 is 0 Å². The standard InChI is InChI=1S/C11H11BrN2/c1-9-2-4-10(5-3-9)7-14-8-11(12)6-13-14/h2-6,8H,7H2,1H3. The molecule has 0 saturated heterocycles. The molecular formula is C11H11BrN2. The second kappa shape index (κ2) is 3.96. The van der Waals surface area contributed by atoms with Crippen LogP contribution in [0.2, 0.25) is 0 Å². The first-order valence-corrected chi connectivity index (χ1v) is 5.27. The number of benzene rings is 1. The predicted octanol–water partition coefficient (Wildman–Crippen LogP) is 3.00. The maximum atomic E-state index is 4.20. The summed E-state index contributed by atoms with van der Waals surface area (Å²) >= 11 is 3.37. The highest BCUT2D eigenvalue weighted by atomic mass is 79.9. The van der Waals surface area contributed by atoms with Crippen molar-refractivity contribution < 1.29 is 0 Å². The van der Waals surface area contributed by atoms with Gasteiger partial charge in [-0.15, -0.1) is 0 Å². The third-order valence-electron chi connectivity index (χ3n) is 2.07. The predicted molar refractivity (Wildman–Crippen MR) is 60.2 cm³/mol. The SMILES string of the molecule is Cc1ccc(Cn2cc(Br)cn2)cc1. The Morgan fingerprint density at radius 3 is 2.57 bits per heavy atom. The minimum atomic E-state index is 0.825. The van der Waals surface area contributed by atoms with Crippen LogP contribution in [-0.4, -0.2) is 9.78 Å². The van der Waals surface area contributed by atoms with Crippen LogP contribution in [0, 0.1) is 6.92 Å². The van der Waals surface area contributed by atoms with Crippen molar-refractivity contribution in [3.63, 3.8) is 0 Å². The van der Waals surface area contributed by atoms with Crippen molar-refractivity contribution in [3.8, 4) is 0 Å². The molecular weight excluding hydrogens is 240 g/mol. The second-order valence-corrected chi connectivity index (χ2v) is 4.26. The second-order valence-electron chi connectivity index (χ2n) is 3.34. The lowest BCUT2D eigenvalue weighted by Gasteiger charge is -2.01. The van der Waals surface area contributed by atoms with E-state index in [2.05, 4.69) is 52.2 Å². The molecule has 2 nitrogen and oxygen atoms in total. The van der Waals surface area contributed by atoms with Gasteiger partial charge in [-0.1, -0.05) is 29.8 Å². The van der Waals surface area contributed by atoms with Gasteiger partial charge in [-0.25, -0.2) is 0 Å². The summed E-state index contributed by atoms with van der Waals surface area (Å²) in [5.41, 5.74) is 2.56. The minimum Gasteiger partial charge on any atom is -0.267 e. The van der Waals surface area contributed by atoms with E-state index in [9.17, 15) is 0 Å². The molecule has 1 aromatic heterocycles. The number of hydrogen-bond acceptors (Lipinski definition) is 1. The van der Waals surface area contributed by atoms with Crippen LogP contribution in [-0.2, 0) is 6.54 Å². The summed E-state index contributed by atoms with van der Waals surface area (Å²) in [6.07, 6.45) is 3.77. The Bertz CT molecular complexity index is 417. The van der Waals surface area contributed by atoms with Gasteiger partial charge in [0.2, 0.25) is 0 Å². The van der Waals surface area contributed by atoms with E-state index < -0.39 is 0 Å². The normalized spacial score (nSPS) is 10.4. The molecule has 0 atom stereocenters. The van der Waals surface area contributed by atoms with Crippen LogP contribution in [0.25, 0.3) is 0 Å². The molecule has 2 aromatic rings. The van der Waals surface area contributed by atoms with Crippen molar-refractivity contribution in [1.29, 1.82) is 0 Å². The molecule has 1 aromatic carbocycles. The van der Waals surface area contributed by atoms with Gasteiger partial charge in [0.25, 0.3) is 0 Å². The summed E-state index contributed by atoms with van der Waals surface area (Å²) < 4.78 is 2.93. The van der Waals surface area contributed by atoms with E-state index >= 15 is 0 Å². The number of halogens is 1. The molecule has 72 valence electrons. The van der Waals surface area contributed by atoms with Crippen molar-refractivity contribution in [2.75, 3.05) is 0 Å². The average molecular weight is 251 g/mol. The van der Waals surface area contributed by atoms with Crippen molar-refractivity contribution in [2.24, 2.45) is 0 Å². The Hall–Kier alpha value is -1.09. The maximum Gasteiger partial charge on any atom is 0.0659 e. The molecule has 0 saturated carbocycles. The van der Waals surface area contributed by atoms with Crippen LogP contribution in [0.1, 0.15) is 11.1 Å². The zero-order chi connectivity index (χ0) is 9.97. The van der Waals surface area contributed by atoms with E-state index in [4.69, 9.17) is 0 Å². The van der Waals surface area contributed by atoms with Crippen LogP contribution in [0.3, 0.4) is 0 Å². The van der Waals surface area contributed by atoms with Crippen LogP contribution in [0.4, 0.5) is 0 Å². The zero-order valence-corrected chi connectivity index (χ0v) is 9.53. The van der Waals surface area contributed by atoms with Crippen LogP contribution in [0.15, 0.2) is 41.1 Å². The molecule has 0 unspecified atom stereocenters. The average Bonchev–Trinajstić information content (AvgIpc) is 2.56. The van der Waals surface area contributed by atoms with Crippen LogP contribution >= 0.6 is 15.9 Å². The molecule has 1 heterocycles. The molecule has 0 bridgehead atoms. The Labute approximate surface area is 91.7 Å². The molecule has 0 aliphatic heterocycles. The van der Waals surface area contributed by atoms with Crippen molar-refractivity contribution in [1.82, 2.24) is 9.78 Å². The van der Waals surface area contributed by atoms with Crippen molar-refractivity contribution in [2.45, 2.75) is 13.5 Å². The highest BCUT2D eigenvalue weighted by Crippen LogP contribution is 2.09. The van der Waals surface area contributed by atoms with Gasteiger partial charge in [0.1, 0.15) is 0 Å². The highest BCUT2D eigenvalue weighted by molar-refractivity contribution is 9.10. The number of hydrogen-bond donors (Lipinski definition) is 0. The van der Waals surface area contributed by atoms with Crippen molar-refractivity contribution in [3.05, 3.63) is 52.3 Å². The fraction of sp³-hybridized carbons (Fsp3) is 0.182. The number of aromatic nitrogens is 2. The topological polar surface area (TPSA) is 17.8 Å². The van der Waals surface area contributed by atoms with E-state index in [0.717, 1.165) is 11.0 Å². The van der Waals surface area contributed by atoms with Gasteiger partial charge < -0.3 is 0 Å². The Morgan fingerprint density at radius 2 is 2.00 bits per heavy atom. The monoisotopic (exact) mass is 250 g/mol. The third kappa shape index (κ3) is 2.23. The molecule has 0 spiro atoms. The van der Waals surface area contributed by atoms with Gasteiger partial charge in [-0.05, 0) is 28.4 Å². The number of nitrogens with zero attached hydrogens (tertiary/aromatic N) is 2. The molecule has 0 amide bonds. The summed E-state index contributed by atoms with van der Waals surface area (Å²) in [6.45, 7) is 2.92. The first kappa shape index (κ1) is 9.46. The summed E-state index contributed by atoms with van der Waals surface area (Å²) in [4.78, 5) is 0. The fourth-order valence-corrected chi connectivity index (χ4v) is 1.63. The largest absolute Gasteiger partial charge is 0.267 e.